The smallest absolute Gasteiger partial charge is 0.459 e. The minimum atomic E-state index is -4.80. The van der Waals surface area contributed by atoms with Crippen molar-refractivity contribution in [1.82, 2.24) is 9.55 Å². The number of aromatic amines is 1. The second-order valence-electron chi connectivity index (χ2n) is 11.4. The second kappa shape index (κ2) is 16.3. The molecule has 3 atom stereocenters. The van der Waals surface area contributed by atoms with Gasteiger partial charge in [-0.05, 0) is 54.4 Å². The number of unbranched alkanes of at least 4 members (excludes halogenated alkanes) is 1. The van der Waals surface area contributed by atoms with Gasteiger partial charge >= 0.3 is 19.5 Å². The van der Waals surface area contributed by atoms with E-state index in [0.29, 0.717) is 6.42 Å². The molecule has 0 spiro atoms. The molecule has 2 rings (SSSR count). The van der Waals surface area contributed by atoms with Gasteiger partial charge in [0.25, 0.3) is 5.56 Å². The van der Waals surface area contributed by atoms with E-state index in [0.717, 1.165) is 67.6 Å². The number of aromatic nitrogens is 2. The van der Waals surface area contributed by atoms with Gasteiger partial charge in [0.1, 0.15) is 18.4 Å². The van der Waals surface area contributed by atoms with Crippen molar-refractivity contribution in [2.75, 3.05) is 59.0 Å². The number of aryl methyl sites for hydroxylation is 1. The van der Waals surface area contributed by atoms with Crippen molar-refractivity contribution in [3.63, 3.8) is 0 Å². The van der Waals surface area contributed by atoms with E-state index in [1.165, 1.54) is 24.2 Å². The van der Waals surface area contributed by atoms with Crippen LogP contribution in [0.25, 0.3) is 0 Å². The minimum Gasteiger partial charge on any atom is -0.459 e. The zero-order chi connectivity index (χ0) is 31.6. The molecule has 0 bridgehead atoms. The molecule has 42 heavy (non-hydrogen) atoms. The Bertz CT molecular complexity index is 1150. The number of quaternary nitrogens is 2. The molecule has 1 fully saturated rings. The largest absolute Gasteiger partial charge is 0.469 e. The standard InChI is InChI=1S/C28H51N4O9P/c1-7-31(8-2,9-3)17-14-18-32(10-4,11-5)16-13-12-15-26(33)41-23-19-25(40-24(23)21-39-42(36,37)38)30-20-22(6)27(34)29-28(30)35/h20,23-25H,7-19,21H2,1-6H3,(H-2,29,34,35,36,37,38)/p+2. The fourth-order valence-electron chi connectivity index (χ4n) is 5.91. The summed E-state index contributed by atoms with van der Waals surface area (Å²) in [5.74, 6) is -0.447. The summed E-state index contributed by atoms with van der Waals surface area (Å²) in [6, 6.07) is 0. The van der Waals surface area contributed by atoms with Crippen LogP contribution >= 0.6 is 7.82 Å². The van der Waals surface area contributed by atoms with Crippen molar-refractivity contribution in [1.29, 1.82) is 0 Å². The van der Waals surface area contributed by atoms with Crippen LogP contribution in [0.1, 0.15) is 78.5 Å². The first-order valence-electron chi connectivity index (χ1n) is 15.3. The molecule has 3 unspecified atom stereocenters. The third kappa shape index (κ3) is 10.4. The Kier molecular flexibility index (Phi) is 14.1. The number of esters is 1. The first kappa shape index (κ1) is 36.3. The van der Waals surface area contributed by atoms with Crippen molar-refractivity contribution < 1.29 is 42.1 Å². The van der Waals surface area contributed by atoms with E-state index in [1.54, 1.807) is 0 Å². The second-order valence-corrected chi connectivity index (χ2v) is 12.6. The average molecular weight is 621 g/mol. The molecular formula is C28H53N4O9P+2. The third-order valence-corrected chi connectivity index (χ3v) is 9.69. The lowest BCUT2D eigenvalue weighted by atomic mass is 10.1. The maximum absolute atomic E-state index is 12.8. The van der Waals surface area contributed by atoms with Gasteiger partial charge in [-0.3, -0.25) is 23.7 Å². The number of rotatable bonds is 19. The van der Waals surface area contributed by atoms with E-state index in [2.05, 4.69) is 44.1 Å². The topological polar surface area (TPSA) is 157 Å². The van der Waals surface area contributed by atoms with Gasteiger partial charge in [-0.1, -0.05) is 0 Å². The lowest BCUT2D eigenvalue weighted by Gasteiger charge is -2.40. The third-order valence-electron chi connectivity index (χ3n) is 9.21. The van der Waals surface area contributed by atoms with Gasteiger partial charge in [0.05, 0.1) is 59.0 Å². The highest BCUT2D eigenvalue weighted by Crippen LogP contribution is 2.38. The van der Waals surface area contributed by atoms with E-state index < -0.39 is 50.1 Å². The maximum Gasteiger partial charge on any atom is 0.469 e. The van der Waals surface area contributed by atoms with Gasteiger partial charge in [0.2, 0.25) is 0 Å². The molecule has 1 aliphatic heterocycles. The summed E-state index contributed by atoms with van der Waals surface area (Å²) in [5, 5.41) is 0. The Morgan fingerprint density at radius 3 is 2.14 bits per heavy atom. The number of carbonyl (C=O) groups excluding carboxylic acids is 1. The number of nitrogens with one attached hydrogen (secondary N) is 1. The lowest BCUT2D eigenvalue weighted by molar-refractivity contribution is -0.942. The van der Waals surface area contributed by atoms with Gasteiger partial charge in [0.15, 0.2) is 0 Å². The summed E-state index contributed by atoms with van der Waals surface area (Å²) in [7, 11) is -4.80. The van der Waals surface area contributed by atoms with E-state index in [1.807, 2.05) is 0 Å². The predicted octanol–water partition coefficient (Wildman–Crippen LogP) is 2.45. The molecule has 14 heteroatoms. The molecule has 0 radical (unpaired) electrons. The summed E-state index contributed by atoms with van der Waals surface area (Å²) < 4.78 is 30.7. The number of nitrogens with zero attached hydrogens (tertiary/aromatic N) is 3. The highest BCUT2D eigenvalue weighted by Gasteiger charge is 2.40. The Labute approximate surface area is 249 Å². The van der Waals surface area contributed by atoms with Crippen molar-refractivity contribution in [2.24, 2.45) is 0 Å². The van der Waals surface area contributed by atoms with Crippen LogP contribution < -0.4 is 11.2 Å². The van der Waals surface area contributed by atoms with Gasteiger partial charge in [-0.15, -0.1) is 0 Å². The number of H-pyrrole nitrogens is 1. The minimum absolute atomic E-state index is 0.0608. The Morgan fingerprint density at radius 2 is 1.57 bits per heavy atom. The molecule has 0 aromatic carbocycles. The number of hydrogen-bond donors (Lipinski definition) is 3. The van der Waals surface area contributed by atoms with Crippen LogP contribution in [0.3, 0.4) is 0 Å². The van der Waals surface area contributed by atoms with E-state index in [9.17, 15) is 18.9 Å². The predicted molar refractivity (Wildman–Crippen MR) is 159 cm³/mol. The molecule has 3 N–H and O–H groups in total. The Morgan fingerprint density at radius 1 is 1.00 bits per heavy atom. The first-order valence-corrected chi connectivity index (χ1v) is 16.9. The Hall–Kier alpha value is -1.86. The highest BCUT2D eigenvalue weighted by atomic mass is 31.2. The van der Waals surface area contributed by atoms with E-state index >= 15 is 0 Å². The van der Waals surface area contributed by atoms with Gasteiger partial charge < -0.3 is 28.2 Å². The molecule has 1 saturated heterocycles. The number of phosphoric ester groups is 1. The SMILES string of the molecule is CC[N+](CC)(CC)CCC[N+](CC)(CC)CCCCC(=O)OC1CC(n2cc(C)c(=O)[nH]c2=O)OC1COP(=O)(O)O. The van der Waals surface area contributed by atoms with Crippen LogP contribution in [0.15, 0.2) is 15.8 Å². The summed E-state index contributed by atoms with van der Waals surface area (Å²) in [4.78, 5) is 57.4. The summed E-state index contributed by atoms with van der Waals surface area (Å²) in [5.41, 5.74) is -0.938. The molecule has 0 saturated carbocycles. The molecule has 1 aliphatic rings. The quantitative estimate of drug-likeness (QED) is 0.0915. The van der Waals surface area contributed by atoms with E-state index in [4.69, 9.17) is 19.3 Å². The van der Waals surface area contributed by atoms with E-state index in [-0.39, 0.29) is 18.4 Å². The zero-order valence-electron chi connectivity index (χ0n) is 26.2. The molecule has 2 heterocycles. The van der Waals surface area contributed by atoms with Gasteiger partial charge in [-0.25, -0.2) is 9.36 Å². The van der Waals surface area contributed by atoms with Crippen molar-refractivity contribution in [2.45, 2.75) is 92.1 Å². The molecule has 0 amide bonds. The number of phosphoric acid groups is 1. The fraction of sp³-hybridized carbons (Fsp3) is 0.821. The van der Waals surface area contributed by atoms with Crippen LogP contribution in [-0.2, 0) is 23.4 Å². The molecular weight excluding hydrogens is 567 g/mol. The van der Waals surface area contributed by atoms with Crippen LogP contribution in [0.4, 0.5) is 0 Å². The number of ether oxygens (including phenoxy) is 2. The zero-order valence-corrected chi connectivity index (χ0v) is 27.1. The van der Waals surface area contributed by atoms with Gasteiger partial charge in [-0.2, -0.15) is 0 Å². The summed E-state index contributed by atoms with van der Waals surface area (Å²) in [6.07, 6.45) is 1.48. The van der Waals surface area contributed by atoms with Crippen LogP contribution in [0.5, 0.6) is 0 Å². The maximum atomic E-state index is 12.8. The first-order chi connectivity index (χ1) is 19.8. The van der Waals surface area contributed by atoms with Crippen LogP contribution in [0, 0.1) is 6.92 Å². The fourth-order valence-corrected chi connectivity index (χ4v) is 6.26. The molecule has 1 aromatic heterocycles. The normalized spacial score (nSPS) is 19.8. The molecule has 13 nitrogen and oxygen atoms in total. The monoisotopic (exact) mass is 620 g/mol. The molecule has 1 aromatic rings. The summed E-state index contributed by atoms with van der Waals surface area (Å²) in [6.45, 7) is 21.0. The molecule has 242 valence electrons. The van der Waals surface area contributed by atoms with Gasteiger partial charge in [0, 0.05) is 31.0 Å². The van der Waals surface area contributed by atoms with Crippen LogP contribution in [-0.4, -0.2) is 105 Å². The number of carbonyl (C=O) groups is 1. The Balaban J connectivity index is 1.96. The number of hydrogen-bond acceptors (Lipinski definition) is 7. The van der Waals surface area contributed by atoms with Crippen molar-refractivity contribution in [3.8, 4) is 0 Å². The van der Waals surface area contributed by atoms with Crippen LogP contribution in [0.2, 0.25) is 0 Å². The summed E-state index contributed by atoms with van der Waals surface area (Å²) >= 11 is 0. The van der Waals surface area contributed by atoms with Crippen molar-refractivity contribution in [3.05, 3.63) is 32.6 Å². The van der Waals surface area contributed by atoms with Crippen molar-refractivity contribution >= 4 is 13.8 Å². The highest BCUT2D eigenvalue weighted by molar-refractivity contribution is 7.46. The lowest BCUT2D eigenvalue weighted by Crippen LogP contribution is -2.52. The average Bonchev–Trinajstić information content (AvgIpc) is 3.35. The molecule has 0 aliphatic carbocycles.